The summed E-state index contributed by atoms with van der Waals surface area (Å²) in [4.78, 5) is 10.6. The highest BCUT2D eigenvalue weighted by Crippen LogP contribution is 2.02. The molecule has 1 atom stereocenters. The first kappa shape index (κ1) is 10.5. The minimum atomic E-state index is -0.339. The van der Waals surface area contributed by atoms with Crippen LogP contribution in [0.3, 0.4) is 0 Å². The number of halogens is 1. The Bertz CT molecular complexity index is 126. The van der Waals surface area contributed by atoms with Gasteiger partial charge < -0.3 is 15.4 Å². The van der Waals surface area contributed by atoms with Crippen LogP contribution < -0.4 is 10.6 Å². The Kier molecular flexibility index (Phi) is 4.98. The van der Waals surface area contributed by atoms with Gasteiger partial charge in [0.15, 0.2) is 0 Å². The van der Waals surface area contributed by atoms with Crippen molar-refractivity contribution in [2.24, 2.45) is 0 Å². The molecule has 1 amide bonds. The van der Waals surface area contributed by atoms with Crippen LogP contribution in [0.25, 0.3) is 0 Å². The van der Waals surface area contributed by atoms with E-state index in [1.807, 2.05) is 0 Å². The van der Waals surface area contributed by atoms with Gasteiger partial charge in [0.2, 0.25) is 0 Å². The molecule has 0 aromatic heterocycles. The van der Waals surface area contributed by atoms with Gasteiger partial charge in [-0.25, -0.2) is 4.79 Å². The number of ether oxygens (including phenoxy) is 1. The Hall–Kier alpha value is -0.480. The highest BCUT2D eigenvalue weighted by atomic mass is 35.5. The van der Waals surface area contributed by atoms with Crippen molar-refractivity contribution >= 4 is 18.5 Å². The van der Waals surface area contributed by atoms with Gasteiger partial charge in [-0.05, 0) is 13.0 Å². The van der Waals surface area contributed by atoms with Gasteiger partial charge in [-0.2, -0.15) is 0 Å². The molecule has 0 bridgehead atoms. The molecular weight excluding hydrogens is 168 g/mol. The standard InChI is InChI=1S/C6H12N2O2.ClH/c1-7-6(9)10-5-2-3-8-4-5;/h5,8H,2-4H2,1H3,(H,7,9);1H. The van der Waals surface area contributed by atoms with E-state index >= 15 is 0 Å². The monoisotopic (exact) mass is 180 g/mol. The molecule has 2 N–H and O–H groups in total. The fourth-order valence-corrected chi connectivity index (χ4v) is 0.939. The van der Waals surface area contributed by atoms with E-state index < -0.39 is 0 Å². The normalized spacial score (nSPS) is 22.1. The second-order valence-electron chi connectivity index (χ2n) is 2.27. The lowest BCUT2D eigenvalue weighted by Gasteiger charge is -2.08. The van der Waals surface area contributed by atoms with Crippen LogP contribution in [0, 0.1) is 0 Å². The minimum Gasteiger partial charge on any atom is -0.445 e. The quantitative estimate of drug-likeness (QED) is 0.603. The number of amides is 1. The summed E-state index contributed by atoms with van der Waals surface area (Å²) in [6.07, 6.45) is 0.654. The van der Waals surface area contributed by atoms with Crippen molar-refractivity contribution in [3.05, 3.63) is 0 Å². The van der Waals surface area contributed by atoms with Crippen molar-refractivity contribution in [1.29, 1.82) is 0 Å². The topological polar surface area (TPSA) is 50.4 Å². The number of carbonyl (C=O) groups excluding carboxylic acids is 1. The Labute approximate surface area is 72.1 Å². The molecule has 66 valence electrons. The lowest BCUT2D eigenvalue weighted by molar-refractivity contribution is 0.109. The molecule has 0 saturated carbocycles. The summed E-state index contributed by atoms with van der Waals surface area (Å²) in [7, 11) is 1.56. The third-order valence-electron chi connectivity index (χ3n) is 1.49. The summed E-state index contributed by atoms with van der Waals surface area (Å²) in [6, 6.07) is 0. The van der Waals surface area contributed by atoms with Crippen molar-refractivity contribution in [2.75, 3.05) is 20.1 Å². The van der Waals surface area contributed by atoms with E-state index in [0.717, 1.165) is 19.5 Å². The summed E-state index contributed by atoms with van der Waals surface area (Å²) in [5.41, 5.74) is 0. The van der Waals surface area contributed by atoms with Gasteiger partial charge in [-0.1, -0.05) is 0 Å². The fourth-order valence-electron chi connectivity index (χ4n) is 0.939. The number of alkyl carbamates (subject to hydrolysis) is 1. The molecule has 0 aliphatic carbocycles. The van der Waals surface area contributed by atoms with Gasteiger partial charge in [0, 0.05) is 13.6 Å². The second kappa shape index (κ2) is 5.21. The zero-order valence-electron chi connectivity index (χ0n) is 6.42. The Balaban J connectivity index is 0.000001000. The molecule has 1 aliphatic rings. The molecule has 0 aromatic carbocycles. The number of hydrogen-bond acceptors (Lipinski definition) is 3. The molecule has 1 saturated heterocycles. The molecule has 1 unspecified atom stereocenters. The summed E-state index contributed by atoms with van der Waals surface area (Å²) >= 11 is 0. The van der Waals surface area contributed by atoms with Crippen LogP contribution in [0.4, 0.5) is 4.79 Å². The molecule has 1 rings (SSSR count). The first-order valence-corrected chi connectivity index (χ1v) is 3.42. The third-order valence-corrected chi connectivity index (χ3v) is 1.49. The van der Waals surface area contributed by atoms with Gasteiger partial charge >= 0.3 is 6.09 Å². The van der Waals surface area contributed by atoms with Gasteiger partial charge in [-0.3, -0.25) is 0 Å². The molecule has 4 nitrogen and oxygen atoms in total. The van der Waals surface area contributed by atoms with Crippen molar-refractivity contribution < 1.29 is 9.53 Å². The van der Waals surface area contributed by atoms with Crippen LogP contribution in [0.2, 0.25) is 0 Å². The summed E-state index contributed by atoms with van der Waals surface area (Å²) in [5, 5.41) is 5.50. The van der Waals surface area contributed by atoms with Gasteiger partial charge in [0.05, 0.1) is 0 Å². The van der Waals surface area contributed by atoms with E-state index in [0.29, 0.717) is 0 Å². The minimum absolute atomic E-state index is 0. The molecule has 0 radical (unpaired) electrons. The summed E-state index contributed by atoms with van der Waals surface area (Å²) in [6.45, 7) is 1.73. The van der Waals surface area contributed by atoms with Crippen LogP contribution in [-0.2, 0) is 4.74 Å². The van der Waals surface area contributed by atoms with Gasteiger partial charge in [0.1, 0.15) is 6.10 Å². The SMILES string of the molecule is CNC(=O)OC1CCNC1.Cl. The van der Waals surface area contributed by atoms with Crippen LogP contribution >= 0.6 is 12.4 Å². The largest absolute Gasteiger partial charge is 0.445 e. The van der Waals surface area contributed by atoms with E-state index in [2.05, 4.69) is 10.6 Å². The molecule has 1 heterocycles. The maximum atomic E-state index is 10.6. The van der Waals surface area contributed by atoms with Crippen molar-refractivity contribution in [2.45, 2.75) is 12.5 Å². The smallest absolute Gasteiger partial charge is 0.407 e. The van der Waals surface area contributed by atoms with Crippen LogP contribution in [0.1, 0.15) is 6.42 Å². The summed E-state index contributed by atoms with van der Waals surface area (Å²) < 4.78 is 4.95. The summed E-state index contributed by atoms with van der Waals surface area (Å²) in [5.74, 6) is 0. The van der Waals surface area contributed by atoms with E-state index in [-0.39, 0.29) is 24.6 Å². The highest BCUT2D eigenvalue weighted by Gasteiger charge is 2.17. The number of hydrogen-bond donors (Lipinski definition) is 2. The van der Waals surface area contributed by atoms with E-state index in [1.54, 1.807) is 7.05 Å². The van der Waals surface area contributed by atoms with Gasteiger partial charge in [0.25, 0.3) is 0 Å². The van der Waals surface area contributed by atoms with E-state index in [4.69, 9.17) is 4.74 Å². The lowest BCUT2D eigenvalue weighted by atomic mass is 10.3. The van der Waals surface area contributed by atoms with Crippen LogP contribution in [-0.4, -0.2) is 32.3 Å². The fraction of sp³-hybridized carbons (Fsp3) is 0.833. The van der Waals surface area contributed by atoms with Crippen LogP contribution in [0.5, 0.6) is 0 Å². The molecule has 5 heteroatoms. The predicted octanol–water partition coefficient (Wildman–Crippen LogP) is 0.126. The number of nitrogens with one attached hydrogen (secondary N) is 2. The lowest BCUT2D eigenvalue weighted by Crippen LogP contribution is -2.27. The maximum Gasteiger partial charge on any atom is 0.407 e. The third kappa shape index (κ3) is 3.43. The van der Waals surface area contributed by atoms with Crippen LogP contribution in [0.15, 0.2) is 0 Å². The molecular formula is C6H13ClN2O2. The Morgan fingerprint density at radius 3 is 2.91 bits per heavy atom. The second-order valence-corrected chi connectivity index (χ2v) is 2.27. The average Bonchev–Trinajstić information content (AvgIpc) is 2.40. The first-order chi connectivity index (χ1) is 4.83. The average molecular weight is 181 g/mol. The highest BCUT2D eigenvalue weighted by molar-refractivity contribution is 5.85. The molecule has 1 fully saturated rings. The molecule has 11 heavy (non-hydrogen) atoms. The zero-order valence-corrected chi connectivity index (χ0v) is 7.24. The van der Waals surface area contributed by atoms with Crippen molar-refractivity contribution in [3.63, 3.8) is 0 Å². The van der Waals surface area contributed by atoms with Gasteiger partial charge in [-0.15, -0.1) is 12.4 Å². The van der Waals surface area contributed by atoms with E-state index in [9.17, 15) is 4.79 Å². The first-order valence-electron chi connectivity index (χ1n) is 3.42. The number of rotatable bonds is 1. The Morgan fingerprint density at radius 2 is 2.45 bits per heavy atom. The van der Waals surface area contributed by atoms with Crippen molar-refractivity contribution in [3.8, 4) is 0 Å². The maximum absolute atomic E-state index is 10.6. The predicted molar refractivity (Wildman–Crippen MR) is 44.1 cm³/mol. The zero-order chi connectivity index (χ0) is 7.40. The Morgan fingerprint density at radius 1 is 1.73 bits per heavy atom. The van der Waals surface area contributed by atoms with E-state index in [1.165, 1.54) is 0 Å². The molecule has 1 aliphatic heterocycles. The number of carbonyl (C=O) groups is 1. The molecule has 0 spiro atoms. The van der Waals surface area contributed by atoms with Crippen molar-refractivity contribution in [1.82, 2.24) is 10.6 Å². The molecule has 0 aromatic rings.